The molecule has 0 aromatic rings. The zero-order valence-corrected chi connectivity index (χ0v) is 24.5. The Morgan fingerprint density at radius 2 is 0.941 bits per heavy atom. The average Bonchev–Trinajstić information content (AvgIpc) is 2.81. The minimum Gasteiger partial charge on any atom is -0.481 e. The Kier molecular flexibility index (Phi) is 38.6. The molecule has 3 rings (SSSR count). The largest absolute Gasteiger partial charge is 0.481 e. The number of hydrogen-bond acceptors (Lipinski definition) is 6. The van der Waals surface area contributed by atoms with Gasteiger partial charge in [-0.15, -0.1) is 0 Å². The van der Waals surface area contributed by atoms with Crippen LogP contribution in [0.1, 0.15) is 128 Å². The third kappa shape index (κ3) is 36.0. The first-order chi connectivity index (χ1) is 15.4. The van der Waals surface area contributed by atoms with E-state index in [1.807, 2.05) is 0 Å². The van der Waals surface area contributed by atoms with Gasteiger partial charge in [0, 0.05) is 73.7 Å². The number of aliphatic carboxylic acids is 2. The van der Waals surface area contributed by atoms with Gasteiger partial charge in [-0.1, -0.05) is 64.2 Å². The van der Waals surface area contributed by atoms with Crippen molar-refractivity contribution < 1.29 is 67.8 Å². The molecule has 0 spiro atoms. The van der Waals surface area contributed by atoms with Crippen LogP contribution in [0.3, 0.4) is 0 Å². The van der Waals surface area contributed by atoms with Crippen LogP contribution >= 0.6 is 0 Å². The number of aliphatic hydroxyl groups is 1. The van der Waals surface area contributed by atoms with E-state index in [0.29, 0.717) is 18.6 Å². The van der Waals surface area contributed by atoms with Crippen LogP contribution in [0.25, 0.3) is 0 Å². The second kappa shape index (κ2) is 32.4. The van der Waals surface area contributed by atoms with Crippen LogP contribution in [0, 0.1) is 9.93 Å². The number of rotatable bonds is 5. The summed E-state index contributed by atoms with van der Waals surface area (Å²) in [5.74, 6) is -1.28. The third-order valence-corrected chi connectivity index (χ3v) is 5.52. The summed E-state index contributed by atoms with van der Waals surface area (Å²) in [5.41, 5.74) is 0. The van der Waals surface area contributed by atoms with E-state index in [1.165, 1.54) is 64.2 Å². The monoisotopic (exact) mass is 699 g/mol. The molecule has 3 aliphatic carbocycles. The molecule has 0 heterocycles. The molecule has 0 amide bonds. The fraction of sp³-hybridized carbons (Fsp3) is 0.875. The van der Waals surface area contributed by atoms with E-state index in [4.69, 9.17) is 25.2 Å². The van der Waals surface area contributed by atoms with Gasteiger partial charge in [-0.3, -0.25) is 14.4 Å². The number of Topliss-reactive ketones (excluding diaryl/α,β-unsaturated/α-hetero) is 1. The van der Waals surface area contributed by atoms with Crippen LogP contribution in [0.15, 0.2) is 0 Å². The first-order valence-corrected chi connectivity index (χ1v) is 12.2. The van der Waals surface area contributed by atoms with Crippen molar-refractivity contribution in [3.63, 3.8) is 0 Å². The number of carbonyl (C=O) groups excluding carboxylic acids is 1. The van der Waals surface area contributed by atoms with Gasteiger partial charge in [-0.25, -0.2) is 0 Å². The Balaban J connectivity index is -0.000000171. The van der Waals surface area contributed by atoms with Gasteiger partial charge in [0.1, 0.15) is 5.78 Å². The van der Waals surface area contributed by atoms with Crippen molar-refractivity contribution in [2.75, 3.05) is 0 Å². The van der Waals surface area contributed by atoms with Gasteiger partial charge in [0.2, 0.25) is 0 Å². The van der Waals surface area contributed by atoms with Gasteiger partial charge in [0.15, 0.2) is 0 Å². The predicted molar refractivity (Wildman–Crippen MR) is 125 cm³/mol. The van der Waals surface area contributed by atoms with Crippen LogP contribution in [0.2, 0.25) is 0 Å². The summed E-state index contributed by atoms with van der Waals surface area (Å²) in [5, 5.41) is 25.2. The normalized spacial score (nSPS) is 16.9. The first-order valence-electron chi connectivity index (χ1n) is 12.2. The van der Waals surface area contributed by atoms with E-state index < -0.39 is 11.9 Å². The van der Waals surface area contributed by atoms with E-state index >= 15 is 0 Å². The van der Waals surface area contributed by atoms with Crippen LogP contribution in [0.4, 0.5) is 0 Å². The minimum absolute atomic E-state index is 0. The average molecular weight is 699 g/mol. The molecule has 0 saturated heterocycles. The molecule has 1 radical (unpaired) electrons. The van der Waals surface area contributed by atoms with E-state index in [-0.39, 0.29) is 57.1 Å². The molecule has 0 unspecified atom stereocenters. The van der Waals surface area contributed by atoms with E-state index in [1.54, 1.807) is 0 Å². The fourth-order valence-corrected chi connectivity index (χ4v) is 3.64. The molecular weight excluding hydrogens is 655 g/mol. The van der Waals surface area contributed by atoms with Crippen molar-refractivity contribution >= 4 is 17.7 Å². The SMILES string of the molecule is C1CCCCC1.O=C(O)CCCCC(=O)O.O=C1CCCCC1.O=O.OC1CCCCC1.[Mn].[W]. The smallest absolute Gasteiger partial charge is 0.303 e. The van der Waals surface area contributed by atoms with Crippen LogP contribution in [-0.2, 0) is 52.5 Å². The topological polar surface area (TPSA) is 146 Å². The summed E-state index contributed by atoms with van der Waals surface area (Å²) in [7, 11) is 0. The summed E-state index contributed by atoms with van der Waals surface area (Å²) >= 11 is 0. The van der Waals surface area contributed by atoms with Crippen LogP contribution in [0.5, 0.6) is 0 Å². The summed E-state index contributed by atoms with van der Waals surface area (Å²) in [6, 6.07) is 0. The molecule has 3 N–H and O–H groups in total. The summed E-state index contributed by atoms with van der Waals surface area (Å²) in [4.78, 5) is 44.3. The molecule has 201 valence electrons. The first kappa shape index (κ1) is 40.5. The zero-order valence-electron chi connectivity index (χ0n) is 20.4. The standard InChI is InChI=1S/C6H10O4.C6H12O.C6H10O.C6H12.Mn.O2.W/c7-5(8)3-1-2-4-6(9)10;2*7-6-4-2-1-3-5-6;1-2-4-6-5-3-1;;1-2;/h1-4H2,(H,7,8)(H,9,10);6-7H,1-5H2;1-5H2;1-6H2;;;. The quantitative estimate of drug-likeness (QED) is 0.236. The van der Waals surface area contributed by atoms with Gasteiger partial charge >= 0.3 is 11.9 Å². The molecule has 0 bridgehead atoms. The third-order valence-electron chi connectivity index (χ3n) is 5.52. The molecule has 0 aliphatic heterocycles. The van der Waals surface area contributed by atoms with Gasteiger partial charge in [-0.2, -0.15) is 0 Å². The van der Waals surface area contributed by atoms with Crippen molar-refractivity contribution in [1.29, 1.82) is 0 Å². The molecule has 34 heavy (non-hydrogen) atoms. The molecule has 0 aromatic heterocycles. The zero-order chi connectivity index (χ0) is 24.5. The Labute approximate surface area is 229 Å². The van der Waals surface area contributed by atoms with Gasteiger partial charge in [0.05, 0.1) is 6.10 Å². The van der Waals surface area contributed by atoms with Crippen molar-refractivity contribution in [3.05, 3.63) is 9.93 Å². The van der Waals surface area contributed by atoms with E-state index in [0.717, 1.165) is 38.5 Å². The molecule has 3 saturated carbocycles. The van der Waals surface area contributed by atoms with Crippen LogP contribution in [-0.4, -0.2) is 39.1 Å². The second-order valence-electron chi connectivity index (χ2n) is 8.51. The van der Waals surface area contributed by atoms with Gasteiger partial charge in [-0.05, 0) is 38.5 Å². The molecule has 0 aromatic carbocycles. The number of unbranched alkanes of at least 4 members (excludes halogenated alkanes) is 1. The number of aliphatic hydroxyl groups excluding tert-OH is 1. The Morgan fingerprint density at radius 1 is 0.647 bits per heavy atom. The van der Waals surface area contributed by atoms with Crippen molar-refractivity contribution in [2.45, 2.75) is 135 Å². The maximum absolute atomic E-state index is 10.5. The maximum Gasteiger partial charge on any atom is 0.303 e. The molecule has 8 nitrogen and oxygen atoms in total. The fourth-order valence-electron chi connectivity index (χ4n) is 3.64. The number of carbonyl (C=O) groups is 3. The summed E-state index contributed by atoms with van der Waals surface area (Å²) in [6.45, 7) is 0. The van der Waals surface area contributed by atoms with Crippen molar-refractivity contribution in [3.8, 4) is 0 Å². The summed E-state index contributed by atoms with van der Waals surface area (Å²) in [6.07, 6.45) is 21.2. The van der Waals surface area contributed by atoms with Crippen LogP contribution < -0.4 is 0 Å². The Bertz CT molecular complexity index is 434. The number of ketones is 1. The number of hydrogen-bond donors (Lipinski definition) is 3. The minimum atomic E-state index is -0.870. The van der Waals surface area contributed by atoms with Gasteiger partial charge < -0.3 is 15.3 Å². The molecule has 3 aliphatic rings. The van der Waals surface area contributed by atoms with Gasteiger partial charge in [0.25, 0.3) is 0 Å². The molecule has 0 atom stereocenters. The van der Waals surface area contributed by atoms with Crippen molar-refractivity contribution in [1.82, 2.24) is 0 Å². The Morgan fingerprint density at radius 3 is 1.15 bits per heavy atom. The van der Waals surface area contributed by atoms with E-state index in [2.05, 4.69) is 0 Å². The number of carboxylic acids is 2. The van der Waals surface area contributed by atoms with E-state index in [9.17, 15) is 14.4 Å². The second-order valence-corrected chi connectivity index (χ2v) is 8.51. The number of carboxylic acid groups (broad SMARTS) is 2. The molecule has 3 fully saturated rings. The summed E-state index contributed by atoms with van der Waals surface area (Å²) < 4.78 is 0. The van der Waals surface area contributed by atoms with Crippen molar-refractivity contribution in [2.24, 2.45) is 0 Å². The molecule has 10 heteroatoms. The molecular formula is C24H44MnO8W. The Hall–Kier alpha value is -0.622. The maximum atomic E-state index is 10.5. The predicted octanol–water partition coefficient (Wildman–Crippen LogP) is 5.95.